The summed E-state index contributed by atoms with van der Waals surface area (Å²) in [6.45, 7) is 0. The third-order valence-electron chi connectivity index (χ3n) is 0.941. The molecule has 0 bridgehead atoms. The third kappa shape index (κ3) is 0.804. The summed E-state index contributed by atoms with van der Waals surface area (Å²) in [5.74, 6) is 0.141. The molecule has 1 atom stereocenters. The summed E-state index contributed by atoms with van der Waals surface area (Å²) < 4.78 is 4.63. The minimum Gasteiger partial charge on any atom is -0.509 e. The van der Waals surface area contributed by atoms with Crippen molar-refractivity contribution in [3.05, 3.63) is 12.0 Å². The van der Waals surface area contributed by atoms with Gasteiger partial charge in [-0.15, -0.1) is 0 Å². The zero-order chi connectivity index (χ0) is 5.98. The van der Waals surface area contributed by atoms with Gasteiger partial charge in [-0.2, -0.15) is 0 Å². The lowest BCUT2D eigenvalue weighted by molar-refractivity contribution is -0.114. The second kappa shape index (κ2) is 1.86. The van der Waals surface area contributed by atoms with Crippen molar-refractivity contribution in [2.24, 2.45) is 0 Å². The van der Waals surface area contributed by atoms with Gasteiger partial charge in [0.25, 0.3) is 0 Å². The molecular weight excluding hydrogens is 108 g/mol. The van der Waals surface area contributed by atoms with Crippen LogP contribution in [-0.2, 0) is 9.53 Å². The smallest absolute Gasteiger partial charge is 0.160 e. The molecule has 0 aromatic carbocycles. The van der Waals surface area contributed by atoms with Gasteiger partial charge in [-0.25, -0.2) is 0 Å². The topological polar surface area (TPSA) is 46.5 Å². The van der Waals surface area contributed by atoms with Crippen LogP contribution in [0.5, 0.6) is 0 Å². The van der Waals surface area contributed by atoms with E-state index in [9.17, 15) is 4.79 Å². The SMILES string of the molecule is O=CC1CC(O)=CO1. The van der Waals surface area contributed by atoms with Gasteiger partial charge >= 0.3 is 0 Å². The molecule has 1 N–H and O–H groups in total. The number of carbonyl (C=O) groups is 1. The number of hydrogen-bond donors (Lipinski definition) is 1. The van der Waals surface area contributed by atoms with Crippen molar-refractivity contribution < 1.29 is 14.6 Å². The zero-order valence-electron chi connectivity index (χ0n) is 4.20. The van der Waals surface area contributed by atoms with E-state index in [-0.39, 0.29) is 5.76 Å². The standard InChI is InChI=1S/C5H6O3/c6-2-5-1-4(7)3-8-5/h2-3,5,7H,1H2. The summed E-state index contributed by atoms with van der Waals surface area (Å²) in [6, 6.07) is 0. The highest BCUT2D eigenvalue weighted by Crippen LogP contribution is 2.12. The Hall–Kier alpha value is -0.990. The first-order chi connectivity index (χ1) is 3.83. The second-order valence-corrected chi connectivity index (χ2v) is 1.62. The molecule has 44 valence electrons. The molecule has 1 aliphatic rings. The van der Waals surface area contributed by atoms with Crippen LogP contribution in [0.1, 0.15) is 6.42 Å². The molecule has 8 heavy (non-hydrogen) atoms. The van der Waals surface area contributed by atoms with Crippen LogP contribution in [-0.4, -0.2) is 17.5 Å². The molecular formula is C5H6O3. The van der Waals surface area contributed by atoms with Crippen LogP contribution in [0.3, 0.4) is 0 Å². The Morgan fingerprint density at radius 2 is 2.75 bits per heavy atom. The summed E-state index contributed by atoms with van der Waals surface area (Å²) in [7, 11) is 0. The van der Waals surface area contributed by atoms with Gasteiger partial charge in [0.1, 0.15) is 12.0 Å². The van der Waals surface area contributed by atoms with Gasteiger partial charge in [0.15, 0.2) is 12.4 Å². The van der Waals surface area contributed by atoms with Crippen molar-refractivity contribution in [1.29, 1.82) is 0 Å². The molecule has 0 spiro atoms. The van der Waals surface area contributed by atoms with Crippen molar-refractivity contribution in [1.82, 2.24) is 0 Å². The van der Waals surface area contributed by atoms with Gasteiger partial charge < -0.3 is 9.84 Å². The molecule has 0 amide bonds. The molecule has 1 aliphatic heterocycles. The van der Waals surface area contributed by atoms with E-state index < -0.39 is 6.10 Å². The summed E-state index contributed by atoms with van der Waals surface area (Å²) in [4.78, 5) is 9.88. The fourth-order valence-electron chi connectivity index (χ4n) is 0.548. The maximum absolute atomic E-state index is 9.88. The van der Waals surface area contributed by atoms with Crippen LogP contribution in [0.4, 0.5) is 0 Å². The van der Waals surface area contributed by atoms with E-state index in [1.54, 1.807) is 0 Å². The van der Waals surface area contributed by atoms with E-state index in [0.29, 0.717) is 12.7 Å². The normalized spacial score (nSPS) is 26.5. The second-order valence-electron chi connectivity index (χ2n) is 1.62. The predicted octanol–water partition coefficient (Wildman–Crippen LogP) is 0.374. The van der Waals surface area contributed by atoms with Crippen molar-refractivity contribution in [2.45, 2.75) is 12.5 Å². The van der Waals surface area contributed by atoms with E-state index in [1.165, 1.54) is 6.26 Å². The number of aliphatic hydroxyl groups is 1. The number of carbonyl (C=O) groups excluding carboxylic acids is 1. The van der Waals surface area contributed by atoms with Crippen molar-refractivity contribution in [2.75, 3.05) is 0 Å². The molecule has 3 nitrogen and oxygen atoms in total. The summed E-state index contributed by atoms with van der Waals surface area (Å²) in [6.07, 6.45) is 1.73. The first kappa shape index (κ1) is 5.15. The Balaban J connectivity index is 2.43. The molecule has 0 saturated heterocycles. The molecule has 0 fully saturated rings. The van der Waals surface area contributed by atoms with Gasteiger partial charge in [-0.3, -0.25) is 4.79 Å². The third-order valence-corrected chi connectivity index (χ3v) is 0.941. The quantitative estimate of drug-likeness (QED) is 0.501. The van der Waals surface area contributed by atoms with Gasteiger partial charge in [0.05, 0.1) is 6.42 Å². The molecule has 0 radical (unpaired) electrons. The monoisotopic (exact) mass is 114 g/mol. The highest BCUT2D eigenvalue weighted by Gasteiger charge is 2.15. The van der Waals surface area contributed by atoms with Crippen molar-refractivity contribution in [3.63, 3.8) is 0 Å². The number of ether oxygens (including phenoxy) is 1. The Morgan fingerprint density at radius 1 is 2.00 bits per heavy atom. The first-order valence-electron chi connectivity index (χ1n) is 2.31. The van der Waals surface area contributed by atoms with Crippen LogP contribution in [0, 0.1) is 0 Å². The molecule has 0 aromatic heterocycles. The van der Waals surface area contributed by atoms with E-state index in [0.717, 1.165) is 0 Å². The molecule has 1 heterocycles. The van der Waals surface area contributed by atoms with Gasteiger partial charge in [-0.1, -0.05) is 0 Å². The van der Waals surface area contributed by atoms with E-state index >= 15 is 0 Å². The Labute approximate surface area is 46.6 Å². The minimum absolute atomic E-state index is 0.141. The van der Waals surface area contributed by atoms with Crippen LogP contribution >= 0.6 is 0 Å². The summed E-state index contributed by atoms with van der Waals surface area (Å²) in [5.41, 5.74) is 0. The predicted molar refractivity (Wildman–Crippen MR) is 26.3 cm³/mol. The van der Waals surface area contributed by atoms with Crippen LogP contribution in [0.2, 0.25) is 0 Å². The van der Waals surface area contributed by atoms with Gasteiger partial charge in [0.2, 0.25) is 0 Å². The lowest BCUT2D eigenvalue weighted by Crippen LogP contribution is -2.05. The van der Waals surface area contributed by atoms with E-state index in [1.807, 2.05) is 0 Å². The molecule has 1 unspecified atom stereocenters. The number of rotatable bonds is 1. The van der Waals surface area contributed by atoms with Gasteiger partial charge in [-0.05, 0) is 0 Å². The van der Waals surface area contributed by atoms with Crippen LogP contribution in [0.25, 0.3) is 0 Å². The van der Waals surface area contributed by atoms with Crippen LogP contribution in [0.15, 0.2) is 12.0 Å². The number of hydrogen-bond acceptors (Lipinski definition) is 3. The molecule has 0 saturated carbocycles. The fourth-order valence-corrected chi connectivity index (χ4v) is 0.548. The number of aldehydes is 1. The average Bonchev–Trinajstić information content (AvgIpc) is 2.14. The van der Waals surface area contributed by atoms with E-state index in [2.05, 4.69) is 4.74 Å². The van der Waals surface area contributed by atoms with Crippen molar-refractivity contribution >= 4 is 6.29 Å². The summed E-state index contributed by atoms with van der Waals surface area (Å²) >= 11 is 0. The lowest BCUT2D eigenvalue weighted by Gasteiger charge is -1.95. The molecule has 1 rings (SSSR count). The maximum Gasteiger partial charge on any atom is 0.160 e. The lowest BCUT2D eigenvalue weighted by atomic mass is 10.3. The molecule has 0 aromatic rings. The first-order valence-corrected chi connectivity index (χ1v) is 2.31. The van der Waals surface area contributed by atoms with Crippen LogP contribution < -0.4 is 0 Å². The maximum atomic E-state index is 9.88. The Morgan fingerprint density at radius 3 is 3.00 bits per heavy atom. The largest absolute Gasteiger partial charge is 0.509 e. The molecule has 3 heteroatoms. The fraction of sp³-hybridized carbons (Fsp3) is 0.400. The molecule has 0 aliphatic carbocycles. The zero-order valence-corrected chi connectivity index (χ0v) is 4.20. The Bertz CT molecular complexity index is 128. The van der Waals surface area contributed by atoms with E-state index in [4.69, 9.17) is 5.11 Å². The summed E-state index contributed by atoms with van der Waals surface area (Å²) in [5, 5.41) is 8.61. The number of aliphatic hydroxyl groups excluding tert-OH is 1. The average molecular weight is 114 g/mol. The Kier molecular flexibility index (Phi) is 1.20. The highest BCUT2D eigenvalue weighted by molar-refractivity contribution is 5.57. The van der Waals surface area contributed by atoms with Crippen molar-refractivity contribution in [3.8, 4) is 0 Å². The van der Waals surface area contributed by atoms with Gasteiger partial charge in [0, 0.05) is 0 Å². The highest BCUT2D eigenvalue weighted by atomic mass is 16.5. The minimum atomic E-state index is -0.449.